The SMILES string of the molecule is CCOC(=O)Cn1nc(C2CC2)n2c(cc3sccc32)c1=O. The van der Waals surface area contributed by atoms with E-state index >= 15 is 0 Å². The van der Waals surface area contributed by atoms with Gasteiger partial charge in [-0.15, -0.1) is 11.3 Å². The molecule has 0 N–H and O–H groups in total. The standard InChI is InChI=1S/C15H15N3O3S/c1-2-21-13(19)8-17-15(20)11-7-12-10(5-6-22-12)18(11)14(16-17)9-3-4-9/h5-7,9H,2-4,8H2,1H3. The molecule has 0 amide bonds. The molecule has 4 rings (SSSR count). The molecule has 1 aliphatic rings. The molecule has 114 valence electrons. The van der Waals surface area contributed by atoms with E-state index in [2.05, 4.69) is 5.10 Å². The third-order valence-corrected chi connectivity index (χ3v) is 4.71. The lowest BCUT2D eigenvalue weighted by Gasteiger charge is -2.10. The Morgan fingerprint density at radius 3 is 3.00 bits per heavy atom. The van der Waals surface area contributed by atoms with Crippen molar-refractivity contribution < 1.29 is 9.53 Å². The van der Waals surface area contributed by atoms with Crippen LogP contribution in [0.5, 0.6) is 0 Å². The molecule has 3 aromatic rings. The molecule has 1 fully saturated rings. The van der Waals surface area contributed by atoms with Crippen molar-refractivity contribution in [2.45, 2.75) is 32.2 Å². The fraction of sp³-hybridized carbons (Fsp3) is 0.400. The van der Waals surface area contributed by atoms with Crippen molar-refractivity contribution in [2.75, 3.05) is 6.61 Å². The molecule has 0 bridgehead atoms. The first kappa shape index (κ1) is 13.5. The van der Waals surface area contributed by atoms with Crippen LogP contribution < -0.4 is 5.56 Å². The number of nitrogens with zero attached hydrogens (tertiary/aromatic N) is 3. The van der Waals surface area contributed by atoms with Gasteiger partial charge in [0.1, 0.15) is 17.9 Å². The van der Waals surface area contributed by atoms with Crippen molar-refractivity contribution in [2.24, 2.45) is 0 Å². The zero-order valence-corrected chi connectivity index (χ0v) is 12.9. The Balaban J connectivity index is 1.93. The second-order valence-corrected chi connectivity index (χ2v) is 6.38. The predicted octanol–water partition coefficient (Wildman–Crippen LogP) is 2.15. The van der Waals surface area contributed by atoms with Gasteiger partial charge in [0.25, 0.3) is 5.56 Å². The van der Waals surface area contributed by atoms with E-state index in [0.29, 0.717) is 18.0 Å². The van der Waals surface area contributed by atoms with Crippen molar-refractivity contribution >= 4 is 33.0 Å². The summed E-state index contributed by atoms with van der Waals surface area (Å²) in [6.07, 6.45) is 2.15. The van der Waals surface area contributed by atoms with Gasteiger partial charge in [-0.25, -0.2) is 4.68 Å². The van der Waals surface area contributed by atoms with Crippen LogP contribution >= 0.6 is 11.3 Å². The highest BCUT2D eigenvalue weighted by Crippen LogP contribution is 2.40. The van der Waals surface area contributed by atoms with Gasteiger partial charge in [0.2, 0.25) is 0 Å². The van der Waals surface area contributed by atoms with Crippen LogP contribution in [0.15, 0.2) is 22.3 Å². The lowest BCUT2D eigenvalue weighted by Crippen LogP contribution is -2.30. The molecule has 0 spiro atoms. The molecule has 0 aromatic carbocycles. The van der Waals surface area contributed by atoms with E-state index < -0.39 is 5.97 Å². The number of ether oxygens (including phenoxy) is 1. The molecule has 7 heteroatoms. The van der Waals surface area contributed by atoms with Gasteiger partial charge in [0.15, 0.2) is 0 Å². The number of hydrogen-bond acceptors (Lipinski definition) is 5. The Hall–Kier alpha value is -2.15. The number of esters is 1. The Labute approximate surface area is 129 Å². The second-order valence-electron chi connectivity index (χ2n) is 5.44. The van der Waals surface area contributed by atoms with Crippen LogP contribution in [0.1, 0.15) is 31.5 Å². The van der Waals surface area contributed by atoms with Crippen LogP contribution in [0.2, 0.25) is 0 Å². The van der Waals surface area contributed by atoms with E-state index in [-0.39, 0.29) is 12.1 Å². The van der Waals surface area contributed by atoms with Crippen molar-refractivity contribution in [3.63, 3.8) is 0 Å². The second kappa shape index (κ2) is 4.95. The molecule has 1 saturated carbocycles. The summed E-state index contributed by atoms with van der Waals surface area (Å²) in [5.41, 5.74) is 1.36. The molecule has 6 nitrogen and oxygen atoms in total. The Morgan fingerprint density at radius 1 is 1.45 bits per heavy atom. The minimum atomic E-state index is -0.434. The Morgan fingerprint density at radius 2 is 2.27 bits per heavy atom. The number of thiophene rings is 1. The van der Waals surface area contributed by atoms with Gasteiger partial charge >= 0.3 is 5.97 Å². The van der Waals surface area contributed by atoms with E-state index in [9.17, 15) is 9.59 Å². The fourth-order valence-electron chi connectivity index (χ4n) is 2.72. The maximum Gasteiger partial charge on any atom is 0.327 e. The van der Waals surface area contributed by atoms with Gasteiger partial charge in [0, 0.05) is 5.92 Å². The first-order valence-corrected chi connectivity index (χ1v) is 8.22. The lowest BCUT2D eigenvalue weighted by atomic mass is 10.4. The minimum absolute atomic E-state index is 0.137. The van der Waals surface area contributed by atoms with Crippen molar-refractivity contribution in [1.29, 1.82) is 0 Å². The van der Waals surface area contributed by atoms with Crippen molar-refractivity contribution in [3.05, 3.63) is 33.7 Å². The van der Waals surface area contributed by atoms with E-state index in [4.69, 9.17) is 4.74 Å². The molecule has 0 unspecified atom stereocenters. The molecular weight excluding hydrogens is 302 g/mol. The van der Waals surface area contributed by atoms with Gasteiger partial charge in [-0.3, -0.25) is 14.0 Å². The van der Waals surface area contributed by atoms with Crippen LogP contribution in [0.4, 0.5) is 0 Å². The third-order valence-electron chi connectivity index (χ3n) is 3.86. The highest BCUT2D eigenvalue weighted by Gasteiger charge is 2.30. The summed E-state index contributed by atoms with van der Waals surface area (Å²) in [6.45, 7) is 1.90. The van der Waals surface area contributed by atoms with Gasteiger partial charge < -0.3 is 4.74 Å². The van der Waals surface area contributed by atoms with Crippen molar-refractivity contribution in [1.82, 2.24) is 14.2 Å². The van der Waals surface area contributed by atoms with Gasteiger partial charge in [-0.05, 0) is 37.3 Å². The molecule has 0 radical (unpaired) electrons. The van der Waals surface area contributed by atoms with Crippen LogP contribution in [0, 0.1) is 0 Å². The monoisotopic (exact) mass is 317 g/mol. The average Bonchev–Trinajstić information content (AvgIpc) is 3.11. The third kappa shape index (κ3) is 2.04. The first-order valence-electron chi connectivity index (χ1n) is 7.34. The zero-order chi connectivity index (χ0) is 15.3. The van der Waals surface area contributed by atoms with Crippen LogP contribution in [-0.4, -0.2) is 26.8 Å². The quantitative estimate of drug-likeness (QED) is 0.692. The number of carbonyl (C=O) groups is 1. The topological polar surface area (TPSA) is 65.6 Å². The van der Waals surface area contributed by atoms with E-state index in [1.54, 1.807) is 18.3 Å². The number of fused-ring (bicyclic) bond motifs is 3. The molecule has 3 heterocycles. The Kier molecular flexibility index (Phi) is 3.04. The van der Waals surface area contributed by atoms with Crippen LogP contribution in [-0.2, 0) is 16.1 Å². The smallest absolute Gasteiger partial charge is 0.327 e. The van der Waals surface area contributed by atoms with Crippen molar-refractivity contribution in [3.8, 4) is 0 Å². The highest BCUT2D eigenvalue weighted by molar-refractivity contribution is 7.17. The summed E-state index contributed by atoms with van der Waals surface area (Å²) in [6, 6.07) is 3.90. The normalized spacial score (nSPS) is 14.8. The van der Waals surface area contributed by atoms with E-state index in [1.807, 2.05) is 21.9 Å². The first-order chi connectivity index (χ1) is 10.7. The summed E-state index contributed by atoms with van der Waals surface area (Å²) in [7, 11) is 0. The lowest BCUT2D eigenvalue weighted by molar-refractivity contribution is -0.144. The van der Waals surface area contributed by atoms with Gasteiger partial charge in [-0.2, -0.15) is 5.10 Å². The largest absolute Gasteiger partial charge is 0.465 e. The highest BCUT2D eigenvalue weighted by atomic mass is 32.1. The number of hydrogen-bond donors (Lipinski definition) is 0. The molecule has 0 saturated heterocycles. The molecular formula is C15H15N3O3S. The number of carbonyl (C=O) groups excluding carboxylic acids is 1. The molecule has 22 heavy (non-hydrogen) atoms. The number of rotatable bonds is 4. The summed E-state index contributed by atoms with van der Waals surface area (Å²) in [4.78, 5) is 24.3. The summed E-state index contributed by atoms with van der Waals surface area (Å²) < 4.78 is 9.19. The predicted molar refractivity (Wildman–Crippen MR) is 83.4 cm³/mol. The van der Waals surface area contributed by atoms with E-state index in [1.165, 1.54) is 4.68 Å². The van der Waals surface area contributed by atoms with Gasteiger partial charge in [-0.1, -0.05) is 0 Å². The zero-order valence-electron chi connectivity index (χ0n) is 12.1. The summed E-state index contributed by atoms with van der Waals surface area (Å²) in [5.74, 6) is 0.802. The molecule has 0 aliphatic heterocycles. The number of aromatic nitrogens is 3. The van der Waals surface area contributed by atoms with Gasteiger partial charge in [0.05, 0.1) is 16.8 Å². The van der Waals surface area contributed by atoms with Crippen LogP contribution in [0.3, 0.4) is 0 Å². The maximum atomic E-state index is 12.6. The maximum absolute atomic E-state index is 12.6. The molecule has 1 aliphatic carbocycles. The fourth-order valence-corrected chi connectivity index (χ4v) is 3.52. The minimum Gasteiger partial charge on any atom is -0.465 e. The van der Waals surface area contributed by atoms with E-state index in [0.717, 1.165) is 28.9 Å². The van der Waals surface area contributed by atoms with Crippen LogP contribution in [0.25, 0.3) is 15.7 Å². The average molecular weight is 317 g/mol. The summed E-state index contributed by atoms with van der Waals surface area (Å²) in [5, 5.41) is 6.47. The summed E-state index contributed by atoms with van der Waals surface area (Å²) >= 11 is 1.60. The Bertz CT molecular complexity index is 933. The molecule has 3 aromatic heterocycles. The molecule has 0 atom stereocenters.